The molecule has 1 aliphatic carbocycles. The Morgan fingerprint density at radius 2 is 2.11 bits per heavy atom. The summed E-state index contributed by atoms with van der Waals surface area (Å²) in [4.78, 5) is 2.63. The number of ether oxygens (including phenoxy) is 1. The standard InChI is InChI=1S/C16H24N2O/c1-11-3-4-12(2)14(9-11)16-15(10-17)19-8-7-18(16)13-5-6-13/h3-4,9,13,15-16H,5-8,10,17H2,1-2H3. The lowest BCUT2D eigenvalue weighted by atomic mass is 9.92. The SMILES string of the molecule is Cc1ccc(C)c(C2C(CN)OCCN2C2CC2)c1. The molecule has 0 radical (unpaired) electrons. The molecule has 1 aromatic carbocycles. The molecule has 1 saturated heterocycles. The van der Waals surface area contributed by atoms with Crippen LogP contribution in [0.25, 0.3) is 0 Å². The van der Waals surface area contributed by atoms with Crippen molar-refractivity contribution in [1.29, 1.82) is 0 Å². The Labute approximate surface area is 115 Å². The molecule has 0 bridgehead atoms. The smallest absolute Gasteiger partial charge is 0.0894 e. The number of rotatable bonds is 3. The van der Waals surface area contributed by atoms with Gasteiger partial charge in [-0.1, -0.05) is 23.8 Å². The number of nitrogens with two attached hydrogens (primary N) is 1. The van der Waals surface area contributed by atoms with Crippen molar-refractivity contribution in [3.63, 3.8) is 0 Å². The Morgan fingerprint density at radius 1 is 1.32 bits per heavy atom. The molecule has 0 amide bonds. The highest BCUT2D eigenvalue weighted by molar-refractivity contribution is 5.34. The average Bonchev–Trinajstić information content (AvgIpc) is 3.25. The summed E-state index contributed by atoms with van der Waals surface area (Å²) in [6, 6.07) is 7.81. The topological polar surface area (TPSA) is 38.5 Å². The van der Waals surface area contributed by atoms with E-state index in [2.05, 4.69) is 36.9 Å². The van der Waals surface area contributed by atoms with Crippen LogP contribution in [0.2, 0.25) is 0 Å². The van der Waals surface area contributed by atoms with Gasteiger partial charge in [-0.05, 0) is 37.8 Å². The minimum atomic E-state index is 0.134. The summed E-state index contributed by atoms with van der Waals surface area (Å²) in [5.41, 5.74) is 10.0. The maximum atomic E-state index is 5.95. The molecule has 2 atom stereocenters. The molecule has 1 heterocycles. The van der Waals surface area contributed by atoms with Crippen molar-refractivity contribution in [2.75, 3.05) is 19.7 Å². The van der Waals surface area contributed by atoms with Crippen LogP contribution in [0.5, 0.6) is 0 Å². The summed E-state index contributed by atoms with van der Waals surface area (Å²) in [6.07, 6.45) is 2.80. The number of hydrogen-bond acceptors (Lipinski definition) is 3. The van der Waals surface area contributed by atoms with Crippen molar-refractivity contribution in [2.24, 2.45) is 5.73 Å². The van der Waals surface area contributed by atoms with Gasteiger partial charge in [0.15, 0.2) is 0 Å². The molecular formula is C16H24N2O. The van der Waals surface area contributed by atoms with Crippen molar-refractivity contribution in [3.05, 3.63) is 34.9 Å². The normalized spacial score (nSPS) is 28.6. The van der Waals surface area contributed by atoms with E-state index in [9.17, 15) is 0 Å². The molecule has 2 fully saturated rings. The molecular weight excluding hydrogens is 236 g/mol. The lowest BCUT2D eigenvalue weighted by molar-refractivity contribution is -0.0714. The second-order valence-corrected chi connectivity index (χ2v) is 5.92. The number of morpholine rings is 1. The molecule has 104 valence electrons. The third kappa shape index (κ3) is 2.55. The minimum Gasteiger partial charge on any atom is -0.374 e. The summed E-state index contributed by atoms with van der Waals surface area (Å²) in [6.45, 7) is 6.81. The average molecular weight is 260 g/mol. The molecule has 1 aromatic rings. The zero-order valence-electron chi connectivity index (χ0n) is 11.9. The second kappa shape index (κ2) is 5.23. The van der Waals surface area contributed by atoms with Crippen molar-refractivity contribution in [2.45, 2.75) is 44.9 Å². The van der Waals surface area contributed by atoms with E-state index < -0.39 is 0 Å². The lowest BCUT2D eigenvalue weighted by Crippen LogP contribution is -2.49. The van der Waals surface area contributed by atoms with E-state index in [4.69, 9.17) is 10.5 Å². The Hall–Kier alpha value is -0.900. The molecule has 3 heteroatoms. The van der Waals surface area contributed by atoms with Crippen molar-refractivity contribution < 1.29 is 4.74 Å². The quantitative estimate of drug-likeness (QED) is 0.905. The van der Waals surface area contributed by atoms with Gasteiger partial charge >= 0.3 is 0 Å². The summed E-state index contributed by atoms with van der Waals surface area (Å²) in [5.74, 6) is 0. The Morgan fingerprint density at radius 3 is 2.79 bits per heavy atom. The molecule has 19 heavy (non-hydrogen) atoms. The van der Waals surface area contributed by atoms with Crippen molar-refractivity contribution in [1.82, 2.24) is 4.90 Å². The molecule has 3 nitrogen and oxygen atoms in total. The molecule has 0 spiro atoms. The van der Waals surface area contributed by atoms with Gasteiger partial charge < -0.3 is 10.5 Å². The van der Waals surface area contributed by atoms with Gasteiger partial charge in [0.05, 0.1) is 18.8 Å². The van der Waals surface area contributed by atoms with Crippen molar-refractivity contribution >= 4 is 0 Å². The Kier molecular flexibility index (Phi) is 3.61. The van der Waals surface area contributed by atoms with Crippen LogP contribution in [-0.4, -0.2) is 36.7 Å². The zero-order valence-corrected chi connectivity index (χ0v) is 11.9. The number of nitrogens with zero attached hydrogens (tertiary/aromatic N) is 1. The fraction of sp³-hybridized carbons (Fsp3) is 0.625. The number of aryl methyl sites for hydroxylation is 2. The minimum absolute atomic E-state index is 0.134. The van der Waals surface area contributed by atoms with Gasteiger partial charge in [0.2, 0.25) is 0 Å². The number of hydrogen-bond donors (Lipinski definition) is 1. The maximum Gasteiger partial charge on any atom is 0.0894 e. The third-order valence-corrected chi connectivity index (χ3v) is 4.39. The fourth-order valence-electron chi connectivity index (χ4n) is 3.22. The predicted octanol–water partition coefficient (Wildman–Crippen LogP) is 2.17. The molecule has 1 aliphatic heterocycles. The monoisotopic (exact) mass is 260 g/mol. The van der Waals surface area contributed by atoms with Gasteiger partial charge in [-0.15, -0.1) is 0 Å². The van der Waals surface area contributed by atoms with Crippen LogP contribution < -0.4 is 5.73 Å². The van der Waals surface area contributed by atoms with Gasteiger partial charge in [0.1, 0.15) is 0 Å². The van der Waals surface area contributed by atoms with Crippen LogP contribution in [0, 0.1) is 13.8 Å². The lowest BCUT2D eigenvalue weighted by Gasteiger charge is -2.42. The van der Waals surface area contributed by atoms with E-state index in [1.54, 1.807) is 0 Å². The van der Waals surface area contributed by atoms with Crippen LogP contribution in [0.1, 0.15) is 35.6 Å². The Bertz CT molecular complexity index is 456. The highest BCUT2D eigenvalue weighted by atomic mass is 16.5. The second-order valence-electron chi connectivity index (χ2n) is 5.92. The molecule has 0 aromatic heterocycles. The molecule has 1 saturated carbocycles. The molecule has 2 aliphatic rings. The van der Waals surface area contributed by atoms with Gasteiger partial charge in [-0.2, -0.15) is 0 Å². The Balaban J connectivity index is 1.97. The van der Waals surface area contributed by atoms with E-state index in [0.717, 1.165) is 19.2 Å². The first-order chi connectivity index (χ1) is 9.20. The van der Waals surface area contributed by atoms with Crippen LogP contribution in [0.3, 0.4) is 0 Å². The van der Waals surface area contributed by atoms with Crippen LogP contribution in [-0.2, 0) is 4.74 Å². The summed E-state index contributed by atoms with van der Waals surface area (Å²) < 4.78 is 5.93. The van der Waals surface area contributed by atoms with Gasteiger partial charge in [0.25, 0.3) is 0 Å². The van der Waals surface area contributed by atoms with E-state index in [1.807, 2.05) is 0 Å². The third-order valence-electron chi connectivity index (χ3n) is 4.39. The van der Waals surface area contributed by atoms with E-state index >= 15 is 0 Å². The fourth-order valence-corrected chi connectivity index (χ4v) is 3.22. The van der Waals surface area contributed by atoms with Crippen LogP contribution in [0.4, 0.5) is 0 Å². The summed E-state index contributed by atoms with van der Waals surface area (Å²) >= 11 is 0. The van der Waals surface area contributed by atoms with Gasteiger partial charge in [-0.3, -0.25) is 4.90 Å². The van der Waals surface area contributed by atoms with Crippen molar-refractivity contribution in [3.8, 4) is 0 Å². The summed E-state index contributed by atoms with van der Waals surface area (Å²) in [7, 11) is 0. The van der Waals surface area contributed by atoms with Crippen LogP contribution in [0.15, 0.2) is 18.2 Å². The number of benzene rings is 1. The zero-order chi connectivity index (χ0) is 13.4. The van der Waals surface area contributed by atoms with E-state index in [-0.39, 0.29) is 6.10 Å². The highest BCUT2D eigenvalue weighted by Gasteiger charge is 2.41. The molecule has 3 rings (SSSR count). The van der Waals surface area contributed by atoms with Gasteiger partial charge in [0, 0.05) is 19.1 Å². The van der Waals surface area contributed by atoms with Crippen LogP contribution >= 0.6 is 0 Å². The molecule has 2 unspecified atom stereocenters. The first kappa shape index (κ1) is 13.1. The van der Waals surface area contributed by atoms with E-state index in [1.165, 1.54) is 29.5 Å². The first-order valence-electron chi connectivity index (χ1n) is 7.35. The maximum absolute atomic E-state index is 5.95. The first-order valence-corrected chi connectivity index (χ1v) is 7.35. The highest BCUT2D eigenvalue weighted by Crippen LogP contribution is 2.39. The van der Waals surface area contributed by atoms with E-state index in [0.29, 0.717) is 12.6 Å². The van der Waals surface area contributed by atoms with Gasteiger partial charge in [-0.25, -0.2) is 0 Å². The molecule has 2 N–H and O–H groups in total. The predicted molar refractivity (Wildman–Crippen MR) is 77.2 cm³/mol. The summed E-state index contributed by atoms with van der Waals surface area (Å²) in [5, 5.41) is 0. The largest absolute Gasteiger partial charge is 0.374 e.